The quantitative estimate of drug-likeness (QED) is 0.852. The van der Waals surface area contributed by atoms with Gasteiger partial charge in [-0.05, 0) is 35.7 Å². The number of hydrazine groups is 1. The number of nitrogens with one attached hydrogen (secondary N) is 2. The first-order chi connectivity index (χ1) is 11.2. The van der Waals surface area contributed by atoms with Gasteiger partial charge < -0.3 is 4.74 Å². The molecule has 5 nitrogen and oxygen atoms in total. The molecule has 0 saturated carbocycles. The lowest BCUT2D eigenvalue weighted by molar-refractivity contribution is -0.128. The normalized spacial score (nSPS) is 15.4. The zero-order chi connectivity index (χ0) is 16.2. The Morgan fingerprint density at radius 1 is 1.09 bits per heavy atom. The minimum Gasteiger partial charge on any atom is -0.480 e. The fourth-order valence-corrected chi connectivity index (χ4v) is 2.49. The lowest BCUT2D eigenvalue weighted by Gasteiger charge is -2.12. The summed E-state index contributed by atoms with van der Waals surface area (Å²) in [6, 6.07) is 14.8. The highest BCUT2D eigenvalue weighted by molar-refractivity contribution is 5.95. The van der Waals surface area contributed by atoms with Crippen molar-refractivity contribution < 1.29 is 14.3 Å². The summed E-state index contributed by atoms with van der Waals surface area (Å²) in [4.78, 5) is 24.1. The van der Waals surface area contributed by atoms with Gasteiger partial charge in [-0.15, -0.1) is 0 Å². The van der Waals surface area contributed by atoms with Gasteiger partial charge in [-0.1, -0.05) is 37.3 Å². The molecule has 0 bridgehead atoms. The van der Waals surface area contributed by atoms with Crippen LogP contribution in [0.2, 0.25) is 0 Å². The number of ether oxygens (including phenoxy) is 1. The van der Waals surface area contributed by atoms with Crippen molar-refractivity contribution >= 4 is 11.8 Å². The summed E-state index contributed by atoms with van der Waals surface area (Å²) in [5.74, 6) is 0.00498. The molecule has 0 radical (unpaired) electrons. The molecule has 0 spiro atoms. The molecule has 0 saturated heterocycles. The predicted molar refractivity (Wildman–Crippen MR) is 86.0 cm³/mol. The van der Waals surface area contributed by atoms with Crippen molar-refractivity contribution in [3.05, 3.63) is 65.2 Å². The molecule has 1 heterocycles. The van der Waals surface area contributed by atoms with E-state index in [9.17, 15) is 9.59 Å². The van der Waals surface area contributed by atoms with Crippen LogP contribution in [0.4, 0.5) is 0 Å². The number of hydrogen-bond donors (Lipinski definition) is 2. The van der Waals surface area contributed by atoms with Crippen molar-refractivity contribution in [2.24, 2.45) is 0 Å². The fourth-order valence-electron chi connectivity index (χ4n) is 2.49. The highest BCUT2D eigenvalue weighted by Crippen LogP contribution is 2.27. The Morgan fingerprint density at radius 3 is 2.52 bits per heavy atom. The van der Waals surface area contributed by atoms with Crippen molar-refractivity contribution in [3.63, 3.8) is 0 Å². The van der Waals surface area contributed by atoms with Crippen molar-refractivity contribution in [1.29, 1.82) is 0 Å². The Kier molecular flexibility index (Phi) is 4.28. The molecule has 23 heavy (non-hydrogen) atoms. The van der Waals surface area contributed by atoms with Gasteiger partial charge in [0.05, 0.1) is 0 Å². The SMILES string of the molecule is CCc1ccc(C(=O)NNC(=O)C2Cc3ccccc3O2)cc1. The standard InChI is InChI=1S/C18H18N2O3/c1-2-12-7-9-13(10-8-12)17(21)19-20-18(22)16-11-14-5-3-4-6-15(14)23-16/h3-10,16H,2,11H2,1H3,(H,19,21)(H,20,22). The van der Waals surface area contributed by atoms with Crippen LogP contribution in [-0.2, 0) is 17.6 Å². The van der Waals surface area contributed by atoms with Crippen LogP contribution in [0.3, 0.4) is 0 Å². The largest absolute Gasteiger partial charge is 0.480 e. The summed E-state index contributed by atoms with van der Waals surface area (Å²) in [6.07, 6.45) is 0.802. The van der Waals surface area contributed by atoms with E-state index in [-0.39, 0.29) is 11.8 Å². The molecule has 0 aliphatic carbocycles. The fraction of sp³-hybridized carbons (Fsp3) is 0.222. The molecule has 5 heteroatoms. The van der Waals surface area contributed by atoms with Crippen LogP contribution in [0.25, 0.3) is 0 Å². The first-order valence-electron chi connectivity index (χ1n) is 7.61. The van der Waals surface area contributed by atoms with E-state index < -0.39 is 6.10 Å². The average molecular weight is 310 g/mol. The third-order valence-electron chi connectivity index (χ3n) is 3.86. The molecule has 0 fully saturated rings. The molecule has 2 aromatic rings. The summed E-state index contributed by atoms with van der Waals surface area (Å²) < 4.78 is 5.57. The summed E-state index contributed by atoms with van der Waals surface area (Å²) in [7, 11) is 0. The van der Waals surface area contributed by atoms with E-state index in [1.807, 2.05) is 36.4 Å². The number of fused-ring (bicyclic) bond motifs is 1. The molecule has 1 atom stereocenters. The number of rotatable bonds is 3. The van der Waals surface area contributed by atoms with Gasteiger partial charge in [0.1, 0.15) is 5.75 Å². The molecule has 1 aliphatic rings. The number of carbonyl (C=O) groups excluding carboxylic acids is 2. The second kappa shape index (κ2) is 6.52. The van der Waals surface area contributed by atoms with Crippen LogP contribution >= 0.6 is 0 Å². The maximum absolute atomic E-state index is 12.1. The van der Waals surface area contributed by atoms with E-state index >= 15 is 0 Å². The lowest BCUT2D eigenvalue weighted by Crippen LogP contribution is -2.47. The summed E-state index contributed by atoms with van der Waals surface area (Å²) in [6.45, 7) is 2.05. The summed E-state index contributed by atoms with van der Waals surface area (Å²) in [5.41, 5.74) is 7.49. The van der Waals surface area contributed by atoms with Crippen LogP contribution < -0.4 is 15.6 Å². The maximum atomic E-state index is 12.1. The van der Waals surface area contributed by atoms with Gasteiger partial charge in [0.15, 0.2) is 6.10 Å². The van der Waals surface area contributed by atoms with Crippen LogP contribution in [0.15, 0.2) is 48.5 Å². The van der Waals surface area contributed by atoms with Gasteiger partial charge in [0, 0.05) is 12.0 Å². The van der Waals surface area contributed by atoms with Gasteiger partial charge in [0.25, 0.3) is 11.8 Å². The van der Waals surface area contributed by atoms with Gasteiger partial charge >= 0.3 is 0 Å². The van der Waals surface area contributed by atoms with E-state index in [0.29, 0.717) is 17.7 Å². The van der Waals surface area contributed by atoms with Crippen LogP contribution in [0.1, 0.15) is 28.4 Å². The zero-order valence-corrected chi connectivity index (χ0v) is 12.8. The van der Waals surface area contributed by atoms with Crippen molar-refractivity contribution in [2.75, 3.05) is 0 Å². The number of benzene rings is 2. The number of carbonyl (C=O) groups is 2. The topological polar surface area (TPSA) is 67.4 Å². The van der Waals surface area contributed by atoms with Crippen LogP contribution in [0.5, 0.6) is 5.75 Å². The van der Waals surface area contributed by atoms with Crippen molar-refractivity contribution in [3.8, 4) is 5.75 Å². The average Bonchev–Trinajstić information content (AvgIpc) is 3.03. The van der Waals surface area contributed by atoms with E-state index in [1.54, 1.807) is 12.1 Å². The van der Waals surface area contributed by atoms with Gasteiger partial charge in [-0.25, -0.2) is 0 Å². The number of hydrogen-bond acceptors (Lipinski definition) is 3. The number of amides is 2. The molecule has 0 aromatic heterocycles. The zero-order valence-electron chi connectivity index (χ0n) is 12.8. The van der Waals surface area contributed by atoms with Gasteiger partial charge in [0.2, 0.25) is 0 Å². The molecule has 2 N–H and O–H groups in total. The number of para-hydroxylation sites is 1. The van der Waals surface area contributed by atoms with Crippen molar-refractivity contribution in [2.45, 2.75) is 25.9 Å². The second-order valence-electron chi connectivity index (χ2n) is 5.41. The Bertz CT molecular complexity index is 700. The molecule has 3 rings (SSSR count). The Labute approximate surface area is 134 Å². The predicted octanol–water partition coefficient (Wildman–Crippen LogP) is 2.01. The summed E-state index contributed by atoms with van der Waals surface area (Å²) in [5, 5.41) is 0. The Hall–Kier alpha value is -2.82. The molecular formula is C18H18N2O3. The smallest absolute Gasteiger partial charge is 0.279 e. The summed E-state index contributed by atoms with van der Waals surface area (Å²) >= 11 is 0. The van der Waals surface area contributed by atoms with Gasteiger partial charge in [-0.2, -0.15) is 0 Å². The first-order valence-corrected chi connectivity index (χ1v) is 7.61. The Balaban J connectivity index is 1.54. The Morgan fingerprint density at radius 2 is 1.83 bits per heavy atom. The molecular weight excluding hydrogens is 292 g/mol. The van der Waals surface area contributed by atoms with E-state index in [4.69, 9.17) is 4.74 Å². The van der Waals surface area contributed by atoms with Crippen LogP contribution in [-0.4, -0.2) is 17.9 Å². The minimum absolute atomic E-state index is 0.350. The third-order valence-corrected chi connectivity index (χ3v) is 3.86. The number of aryl methyl sites for hydroxylation is 1. The molecule has 2 aromatic carbocycles. The molecule has 1 aliphatic heterocycles. The maximum Gasteiger partial charge on any atom is 0.279 e. The minimum atomic E-state index is -0.616. The molecule has 1 unspecified atom stereocenters. The van der Waals surface area contributed by atoms with Crippen molar-refractivity contribution in [1.82, 2.24) is 10.9 Å². The second-order valence-corrected chi connectivity index (χ2v) is 5.41. The van der Waals surface area contributed by atoms with Crippen LogP contribution in [0, 0.1) is 0 Å². The van der Waals surface area contributed by atoms with E-state index in [1.165, 1.54) is 0 Å². The molecule has 118 valence electrons. The van der Waals surface area contributed by atoms with Gasteiger partial charge in [-0.3, -0.25) is 20.4 Å². The van der Waals surface area contributed by atoms with E-state index in [0.717, 1.165) is 17.5 Å². The monoisotopic (exact) mass is 310 g/mol. The molecule has 2 amide bonds. The lowest BCUT2D eigenvalue weighted by atomic mass is 10.1. The third kappa shape index (κ3) is 3.34. The first kappa shape index (κ1) is 15.1. The highest BCUT2D eigenvalue weighted by atomic mass is 16.5. The highest BCUT2D eigenvalue weighted by Gasteiger charge is 2.28. The van der Waals surface area contributed by atoms with E-state index in [2.05, 4.69) is 17.8 Å².